The Bertz CT molecular complexity index is 276. The minimum Gasteiger partial charge on any atom is -0.491 e. The molecule has 0 aliphatic rings. The summed E-state index contributed by atoms with van der Waals surface area (Å²) in [6.07, 6.45) is 0. The van der Waals surface area contributed by atoms with Crippen LogP contribution in [0.1, 0.15) is 5.56 Å². The van der Waals surface area contributed by atoms with Crippen molar-refractivity contribution in [1.82, 2.24) is 0 Å². The molecule has 0 fully saturated rings. The lowest BCUT2D eigenvalue weighted by molar-refractivity contribution is 0.267. The Morgan fingerprint density at radius 3 is 2.69 bits per heavy atom. The molecule has 2 nitrogen and oxygen atoms in total. The van der Waals surface area contributed by atoms with Crippen LogP contribution in [0.15, 0.2) is 18.2 Å². The van der Waals surface area contributed by atoms with Crippen molar-refractivity contribution < 1.29 is 18.6 Å². The van der Waals surface area contributed by atoms with E-state index in [4.69, 9.17) is 9.84 Å². The molecular formula is C9H10F2O2. The summed E-state index contributed by atoms with van der Waals surface area (Å²) >= 11 is 0. The number of hydrogen-bond acceptors (Lipinski definition) is 2. The summed E-state index contributed by atoms with van der Waals surface area (Å²) in [5.41, 5.74) is 0.201. The van der Waals surface area contributed by atoms with Crippen molar-refractivity contribution in [1.29, 1.82) is 0 Å². The zero-order chi connectivity index (χ0) is 9.68. The first-order chi connectivity index (χ1) is 6.27. The topological polar surface area (TPSA) is 29.5 Å². The van der Waals surface area contributed by atoms with Crippen molar-refractivity contribution >= 4 is 0 Å². The van der Waals surface area contributed by atoms with Crippen molar-refractivity contribution in [3.8, 4) is 5.75 Å². The van der Waals surface area contributed by atoms with E-state index in [1.165, 1.54) is 12.1 Å². The molecular weight excluding hydrogens is 178 g/mol. The first kappa shape index (κ1) is 9.92. The Morgan fingerprint density at radius 2 is 2.15 bits per heavy atom. The summed E-state index contributed by atoms with van der Waals surface area (Å²) in [6, 6.07) is 4.02. The maximum Gasteiger partial charge on any atom is 0.132 e. The number of ether oxygens (including phenoxy) is 1. The maximum atomic E-state index is 12.9. The largest absolute Gasteiger partial charge is 0.491 e. The van der Waals surface area contributed by atoms with Crippen LogP contribution in [0.2, 0.25) is 0 Å². The van der Waals surface area contributed by atoms with Crippen LogP contribution < -0.4 is 4.74 Å². The average molecular weight is 188 g/mol. The highest BCUT2D eigenvalue weighted by atomic mass is 19.1. The molecule has 1 N–H and O–H groups in total. The van der Waals surface area contributed by atoms with Crippen LogP contribution in [-0.4, -0.2) is 18.4 Å². The molecule has 0 saturated heterocycles. The van der Waals surface area contributed by atoms with Gasteiger partial charge in [-0.05, 0) is 6.07 Å². The van der Waals surface area contributed by atoms with Gasteiger partial charge in [0.1, 0.15) is 24.8 Å². The van der Waals surface area contributed by atoms with Gasteiger partial charge in [-0.25, -0.2) is 8.78 Å². The van der Waals surface area contributed by atoms with Gasteiger partial charge in [0.25, 0.3) is 0 Å². The van der Waals surface area contributed by atoms with Gasteiger partial charge in [0, 0.05) is 11.6 Å². The van der Waals surface area contributed by atoms with E-state index in [2.05, 4.69) is 0 Å². The Labute approximate surface area is 74.8 Å². The van der Waals surface area contributed by atoms with Crippen molar-refractivity contribution in [2.24, 2.45) is 0 Å². The molecule has 4 heteroatoms. The summed E-state index contributed by atoms with van der Waals surface area (Å²) in [4.78, 5) is 0. The number of hydrogen-bond donors (Lipinski definition) is 1. The van der Waals surface area contributed by atoms with E-state index in [-0.39, 0.29) is 24.5 Å². The molecule has 72 valence electrons. The quantitative estimate of drug-likeness (QED) is 0.778. The maximum absolute atomic E-state index is 12.9. The summed E-state index contributed by atoms with van der Waals surface area (Å²) in [5.74, 6) is -0.272. The smallest absolute Gasteiger partial charge is 0.132 e. The van der Waals surface area contributed by atoms with Gasteiger partial charge >= 0.3 is 0 Å². The van der Waals surface area contributed by atoms with Gasteiger partial charge in [-0.3, -0.25) is 0 Å². The van der Waals surface area contributed by atoms with Crippen LogP contribution in [0.4, 0.5) is 8.78 Å². The lowest BCUT2D eigenvalue weighted by Gasteiger charge is -2.04. The SMILES string of the molecule is OCc1ccc(OCCF)cc1F. The van der Waals surface area contributed by atoms with Gasteiger partial charge in [0.2, 0.25) is 0 Å². The summed E-state index contributed by atoms with van der Waals surface area (Å²) in [5, 5.41) is 8.64. The molecule has 0 heterocycles. The van der Waals surface area contributed by atoms with Crippen LogP contribution in [0.5, 0.6) is 5.75 Å². The molecule has 0 aromatic heterocycles. The first-order valence-corrected chi connectivity index (χ1v) is 3.86. The Hall–Kier alpha value is -1.16. The number of benzene rings is 1. The fraction of sp³-hybridized carbons (Fsp3) is 0.333. The van der Waals surface area contributed by atoms with Gasteiger partial charge in [0.05, 0.1) is 6.61 Å². The number of aliphatic hydroxyl groups excluding tert-OH is 1. The van der Waals surface area contributed by atoms with Crippen molar-refractivity contribution in [2.75, 3.05) is 13.3 Å². The molecule has 1 aromatic rings. The number of alkyl halides is 1. The Kier molecular flexibility index (Phi) is 3.64. The van der Waals surface area contributed by atoms with Gasteiger partial charge in [-0.2, -0.15) is 0 Å². The Balaban J connectivity index is 2.71. The lowest BCUT2D eigenvalue weighted by atomic mass is 10.2. The second-order valence-electron chi connectivity index (χ2n) is 2.45. The van der Waals surface area contributed by atoms with Crippen molar-refractivity contribution in [3.63, 3.8) is 0 Å². The van der Waals surface area contributed by atoms with Gasteiger partial charge in [-0.15, -0.1) is 0 Å². The van der Waals surface area contributed by atoms with E-state index < -0.39 is 12.5 Å². The van der Waals surface area contributed by atoms with Crippen molar-refractivity contribution in [2.45, 2.75) is 6.61 Å². The zero-order valence-corrected chi connectivity index (χ0v) is 6.96. The van der Waals surface area contributed by atoms with Crippen LogP contribution in [0, 0.1) is 5.82 Å². The zero-order valence-electron chi connectivity index (χ0n) is 6.96. The minimum atomic E-state index is -0.608. The third-order valence-corrected chi connectivity index (χ3v) is 1.54. The van der Waals surface area contributed by atoms with E-state index in [0.29, 0.717) is 0 Å². The summed E-state index contributed by atoms with van der Waals surface area (Å²) in [7, 11) is 0. The molecule has 0 unspecified atom stereocenters. The molecule has 0 saturated carbocycles. The van der Waals surface area contributed by atoms with Crippen LogP contribution in [-0.2, 0) is 6.61 Å². The minimum absolute atomic E-state index is 0.0854. The van der Waals surface area contributed by atoms with E-state index in [0.717, 1.165) is 6.07 Å². The fourth-order valence-electron chi connectivity index (χ4n) is 0.902. The first-order valence-electron chi connectivity index (χ1n) is 3.86. The molecule has 0 bridgehead atoms. The highest BCUT2D eigenvalue weighted by Crippen LogP contribution is 2.16. The molecule has 0 radical (unpaired) electrons. The Morgan fingerprint density at radius 1 is 1.38 bits per heavy atom. The monoisotopic (exact) mass is 188 g/mol. The molecule has 0 aliphatic carbocycles. The van der Waals surface area contributed by atoms with E-state index in [1.54, 1.807) is 0 Å². The van der Waals surface area contributed by atoms with E-state index in [1.807, 2.05) is 0 Å². The second-order valence-corrected chi connectivity index (χ2v) is 2.45. The number of aliphatic hydroxyl groups is 1. The van der Waals surface area contributed by atoms with Gasteiger partial charge in [0.15, 0.2) is 0 Å². The number of halogens is 2. The van der Waals surface area contributed by atoms with Crippen molar-refractivity contribution in [3.05, 3.63) is 29.6 Å². The average Bonchev–Trinajstić information content (AvgIpc) is 2.15. The lowest BCUT2D eigenvalue weighted by Crippen LogP contribution is -1.99. The van der Waals surface area contributed by atoms with Crippen LogP contribution in [0.25, 0.3) is 0 Å². The van der Waals surface area contributed by atoms with E-state index >= 15 is 0 Å². The normalized spacial score (nSPS) is 10.1. The van der Waals surface area contributed by atoms with Gasteiger partial charge in [-0.1, -0.05) is 6.07 Å². The second kappa shape index (κ2) is 4.77. The molecule has 0 atom stereocenters. The van der Waals surface area contributed by atoms with Crippen LogP contribution >= 0.6 is 0 Å². The highest BCUT2D eigenvalue weighted by Gasteiger charge is 2.02. The van der Waals surface area contributed by atoms with E-state index in [9.17, 15) is 8.78 Å². The predicted octanol–water partition coefficient (Wildman–Crippen LogP) is 1.67. The number of rotatable bonds is 4. The molecule has 13 heavy (non-hydrogen) atoms. The predicted molar refractivity (Wildman–Crippen MR) is 43.8 cm³/mol. The highest BCUT2D eigenvalue weighted by molar-refractivity contribution is 5.28. The molecule has 1 aromatic carbocycles. The molecule has 0 spiro atoms. The fourth-order valence-corrected chi connectivity index (χ4v) is 0.902. The third-order valence-electron chi connectivity index (χ3n) is 1.54. The van der Waals surface area contributed by atoms with Crippen LogP contribution in [0.3, 0.4) is 0 Å². The standard InChI is InChI=1S/C9H10F2O2/c10-3-4-13-8-2-1-7(6-12)9(11)5-8/h1-2,5,12H,3-4,6H2. The summed E-state index contributed by atoms with van der Waals surface area (Å²) < 4.78 is 29.4. The van der Waals surface area contributed by atoms with Gasteiger partial charge < -0.3 is 9.84 Å². The molecule has 0 aliphatic heterocycles. The molecule has 1 rings (SSSR count). The third kappa shape index (κ3) is 2.66. The summed E-state index contributed by atoms with van der Waals surface area (Å²) in [6.45, 7) is -1.05. The molecule has 0 amide bonds.